The molecule has 0 N–H and O–H groups in total. The monoisotopic (exact) mass is 340 g/mol. The minimum absolute atomic E-state index is 0.0654. The molecule has 0 heterocycles. The fraction of sp³-hybridized carbons (Fsp3) is 0.900. The lowest BCUT2D eigenvalue weighted by atomic mass is 9.70. The Morgan fingerprint density at radius 2 is 1.83 bits per heavy atom. The molecule has 0 aromatic heterocycles. The largest absolute Gasteiger partial charge is 0.466 e. The molecule has 0 spiro atoms. The molecule has 2 fully saturated rings. The molecule has 4 atom stereocenters. The van der Waals surface area contributed by atoms with E-state index >= 15 is 0 Å². The summed E-state index contributed by atoms with van der Waals surface area (Å²) in [5, 5.41) is 0. The first-order valence-electron chi connectivity index (χ1n) is 9.42. The molecule has 2 bridgehead atoms. The second-order valence-electron chi connectivity index (χ2n) is 8.35. The zero-order valence-electron chi connectivity index (χ0n) is 16.6. The van der Waals surface area contributed by atoms with Gasteiger partial charge in [-0.2, -0.15) is 0 Å². The lowest BCUT2D eigenvalue weighted by Gasteiger charge is -2.41. The topological polar surface area (TPSA) is 52.6 Å². The van der Waals surface area contributed by atoms with Crippen molar-refractivity contribution in [2.24, 2.45) is 22.7 Å². The molecule has 0 aromatic carbocycles. The molecular formula is C20H36O4. The first-order chi connectivity index (χ1) is 11.1. The molecule has 0 aliphatic heterocycles. The van der Waals surface area contributed by atoms with Crippen LogP contribution in [-0.2, 0) is 19.1 Å². The standard InChI is InChI=1S/C12H20O2.C8H16O2/c1-8(13)14-10-11(2,3)9-5-6-12(10,4)7-9;1-4-6-7(3)8(9)10-5-2/h9-10H,5-7H2,1-4H3;7H,4-6H2,1-3H3. The van der Waals surface area contributed by atoms with Gasteiger partial charge in [-0.3, -0.25) is 9.59 Å². The van der Waals surface area contributed by atoms with Crippen LogP contribution in [0.2, 0.25) is 0 Å². The Morgan fingerprint density at radius 1 is 1.21 bits per heavy atom. The van der Waals surface area contributed by atoms with Crippen LogP contribution in [0, 0.1) is 22.7 Å². The number of hydrogen-bond donors (Lipinski definition) is 0. The summed E-state index contributed by atoms with van der Waals surface area (Å²) in [5.41, 5.74) is 0.429. The first kappa shape index (κ1) is 21.0. The van der Waals surface area contributed by atoms with E-state index in [2.05, 4.69) is 27.7 Å². The summed E-state index contributed by atoms with van der Waals surface area (Å²) in [6.07, 6.45) is 5.86. The molecule has 4 nitrogen and oxygen atoms in total. The van der Waals surface area contributed by atoms with E-state index in [9.17, 15) is 9.59 Å². The van der Waals surface area contributed by atoms with Crippen LogP contribution in [0.5, 0.6) is 0 Å². The van der Waals surface area contributed by atoms with Crippen molar-refractivity contribution >= 4 is 11.9 Å². The molecule has 2 aliphatic rings. The van der Waals surface area contributed by atoms with Gasteiger partial charge in [0, 0.05) is 17.8 Å². The molecule has 0 aromatic rings. The highest BCUT2D eigenvalue weighted by atomic mass is 16.5. The summed E-state index contributed by atoms with van der Waals surface area (Å²) in [6.45, 7) is 14.6. The number of carbonyl (C=O) groups excluding carboxylic acids is 2. The Kier molecular flexibility index (Phi) is 7.30. The Bertz CT molecular complexity index is 438. The van der Waals surface area contributed by atoms with Crippen LogP contribution in [0.4, 0.5) is 0 Å². The second-order valence-corrected chi connectivity index (χ2v) is 8.35. The summed E-state index contributed by atoms with van der Waals surface area (Å²) in [6, 6.07) is 0. The molecule has 0 radical (unpaired) electrons. The predicted octanol–water partition coefficient (Wildman–Crippen LogP) is 4.75. The van der Waals surface area contributed by atoms with Gasteiger partial charge in [-0.1, -0.05) is 41.0 Å². The van der Waals surface area contributed by atoms with E-state index in [1.807, 2.05) is 13.8 Å². The van der Waals surface area contributed by atoms with Gasteiger partial charge >= 0.3 is 11.9 Å². The van der Waals surface area contributed by atoms with Gasteiger partial charge in [0.1, 0.15) is 6.10 Å². The average Bonchev–Trinajstić information content (AvgIpc) is 2.96. The highest BCUT2D eigenvalue weighted by Gasteiger charge is 2.61. The van der Waals surface area contributed by atoms with Crippen molar-refractivity contribution in [1.82, 2.24) is 0 Å². The van der Waals surface area contributed by atoms with E-state index in [1.165, 1.54) is 26.2 Å². The van der Waals surface area contributed by atoms with E-state index in [0.29, 0.717) is 6.61 Å². The molecule has 140 valence electrons. The lowest BCUT2D eigenvalue weighted by molar-refractivity contribution is -0.161. The third kappa shape index (κ3) is 4.73. The normalized spacial score (nSPS) is 31.0. The van der Waals surface area contributed by atoms with Crippen LogP contribution in [0.3, 0.4) is 0 Å². The van der Waals surface area contributed by atoms with Crippen molar-refractivity contribution in [2.75, 3.05) is 6.61 Å². The van der Waals surface area contributed by atoms with Crippen LogP contribution >= 0.6 is 0 Å². The number of hydrogen-bond acceptors (Lipinski definition) is 4. The van der Waals surface area contributed by atoms with Gasteiger partial charge in [-0.05, 0) is 38.5 Å². The van der Waals surface area contributed by atoms with Crippen LogP contribution in [0.15, 0.2) is 0 Å². The van der Waals surface area contributed by atoms with E-state index < -0.39 is 0 Å². The fourth-order valence-electron chi connectivity index (χ4n) is 4.55. The highest BCUT2D eigenvalue weighted by molar-refractivity contribution is 5.71. The highest BCUT2D eigenvalue weighted by Crippen LogP contribution is 2.63. The molecule has 4 heteroatoms. The molecule has 0 amide bonds. The maximum absolute atomic E-state index is 11.1. The average molecular weight is 341 g/mol. The third-order valence-corrected chi connectivity index (χ3v) is 5.83. The van der Waals surface area contributed by atoms with Gasteiger partial charge < -0.3 is 9.47 Å². The summed E-state index contributed by atoms with van der Waals surface area (Å²) in [7, 11) is 0. The van der Waals surface area contributed by atoms with Crippen LogP contribution in [0.25, 0.3) is 0 Å². The second kappa shape index (κ2) is 8.35. The first-order valence-corrected chi connectivity index (χ1v) is 9.42. The lowest BCUT2D eigenvalue weighted by Crippen LogP contribution is -2.43. The minimum atomic E-state index is -0.128. The zero-order chi connectivity index (χ0) is 18.5. The smallest absolute Gasteiger partial charge is 0.308 e. The molecule has 24 heavy (non-hydrogen) atoms. The van der Waals surface area contributed by atoms with E-state index in [-0.39, 0.29) is 34.8 Å². The number of carbonyl (C=O) groups is 2. The SMILES string of the molecule is CC(=O)OC1C2(C)CCC(C2)C1(C)C.CCCC(C)C(=O)OCC. The van der Waals surface area contributed by atoms with E-state index in [0.717, 1.165) is 18.8 Å². The van der Waals surface area contributed by atoms with Crippen LogP contribution in [-0.4, -0.2) is 24.6 Å². The third-order valence-electron chi connectivity index (χ3n) is 5.83. The van der Waals surface area contributed by atoms with Crippen molar-refractivity contribution < 1.29 is 19.1 Å². The predicted molar refractivity (Wildman–Crippen MR) is 95.5 cm³/mol. The van der Waals surface area contributed by atoms with Gasteiger partial charge in [0.25, 0.3) is 0 Å². The molecule has 0 saturated heterocycles. The van der Waals surface area contributed by atoms with E-state index in [1.54, 1.807) is 0 Å². The minimum Gasteiger partial charge on any atom is -0.466 e. The van der Waals surface area contributed by atoms with Crippen LogP contribution in [0.1, 0.15) is 80.6 Å². The Balaban J connectivity index is 0.000000257. The van der Waals surface area contributed by atoms with Gasteiger partial charge in [0.05, 0.1) is 12.5 Å². The number of ether oxygens (including phenoxy) is 2. The number of esters is 2. The summed E-state index contributed by atoms with van der Waals surface area (Å²) < 4.78 is 10.3. The summed E-state index contributed by atoms with van der Waals surface area (Å²) in [5.74, 6) is 0.628. The van der Waals surface area contributed by atoms with Gasteiger partial charge in [-0.15, -0.1) is 0 Å². The van der Waals surface area contributed by atoms with Crippen molar-refractivity contribution in [3.05, 3.63) is 0 Å². The van der Waals surface area contributed by atoms with Gasteiger partial charge in [0.15, 0.2) is 0 Å². The number of rotatable bonds is 5. The zero-order valence-corrected chi connectivity index (χ0v) is 16.6. The maximum atomic E-state index is 11.1. The molecule has 4 unspecified atom stereocenters. The summed E-state index contributed by atoms with van der Waals surface area (Å²) in [4.78, 5) is 22.0. The van der Waals surface area contributed by atoms with Crippen molar-refractivity contribution in [1.29, 1.82) is 0 Å². The molecule has 2 rings (SSSR count). The fourth-order valence-corrected chi connectivity index (χ4v) is 4.55. The number of fused-ring (bicyclic) bond motifs is 2. The molecule has 2 aliphatic carbocycles. The van der Waals surface area contributed by atoms with E-state index in [4.69, 9.17) is 9.47 Å². The van der Waals surface area contributed by atoms with Crippen molar-refractivity contribution in [3.8, 4) is 0 Å². The Morgan fingerprint density at radius 3 is 2.25 bits per heavy atom. The van der Waals surface area contributed by atoms with Crippen molar-refractivity contribution in [2.45, 2.75) is 86.7 Å². The van der Waals surface area contributed by atoms with Crippen molar-refractivity contribution in [3.63, 3.8) is 0 Å². The Labute approximate surface area is 147 Å². The quantitative estimate of drug-likeness (QED) is 0.678. The summed E-state index contributed by atoms with van der Waals surface area (Å²) >= 11 is 0. The molecular weight excluding hydrogens is 304 g/mol. The maximum Gasteiger partial charge on any atom is 0.308 e. The van der Waals surface area contributed by atoms with Crippen LogP contribution < -0.4 is 0 Å². The Hall–Kier alpha value is -1.06. The van der Waals surface area contributed by atoms with Gasteiger partial charge in [0.2, 0.25) is 0 Å². The molecule has 2 saturated carbocycles. The van der Waals surface area contributed by atoms with Gasteiger partial charge in [-0.25, -0.2) is 0 Å².